The summed E-state index contributed by atoms with van der Waals surface area (Å²) in [6, 6.07) is 13.7. The fourth-order valence-electron chi connectivity index (χ4n) is 2.60. The monoisotopic (exact) mass is 327 g/mol. The van der Waals surface area contributed by atoms with E-state index in [1.165, 1.54) is 19.2 Å². The summed E-state index contributed by atoms with van der Waals surface area (Å²) in [6.07, 6.45) is 1.51. The maximum atomic E-state index is 12.8. The van der Waals surface area contributed by atoms with Crippen molar-refractivity contribution in [2.75, 3.05) is 13.7 Å². The molecule has 0 atom stereocenters. The Bertz CT molecular complexity index is 839. The number of furan rings is 1. The normalized spacial score (nSPS) is 10.8. The maximum Gasteiger partial charge on any atom is 0.290 e. The van der Waals surface area contributed by atoms with Gasteiger partial charge >= 0.3 is 0 Å². The van der Waals surface area contributed by atoms with Crippen molar-refractivity contribution in [3.8, 4) is 5.75 Å². The third kappa shape index (κ3) is 3.40. The summed E-state index contributed by atoms with van der Waals surface area (Å²) in [5, 5.41) is 3.60. The molecule has 0 aliphatic heterocycles. The molecule has 3 aromatic rings. The molecule has 0 saturated carbocycles. The zero-order chi connectivity index (χ0) is 16.9. The van der Waals surface area contributed by atoms with Gasteiger partial charge in [0.15, 0.2) is 5.75 Å². The smallest absolute Gasteiger partial charge is 0.290 e. The molecule has 0 unspecified atom stereocenters. The second kappa shape index (κ2) is 7.17. The Morgan fingerprint density at radius 2 is 1.92 bits per heavy atom. The molecule has 0 radical (unpaired) electrons. The zero-order valence-corrected chi connectivity index (χ0v) is 13.3. The molecule has 2 aromatic carbocycles. The lowest BCUT2D eigenvalue weighted by Crippen LogP contribution is -2.24. The molecule has 0 aliphatic rings. The topological polar surface area (TPSA) is 51.5 Å². The summed E-state index contributed by atoms with van der Waals surface area (Å²) in [7, 11) is 1.52. The van der Waals surface area contributed by atoms with E-state index >= 15 is 0 Å². The molecule has 4 nitrogen and oxygen atoms in total. The van der Waals surface area contributed by atoms with Gasteiger partial charge in [-0.2, -0.15) is 0 Å². The lowest BCUT2D eigenvalue weighted by Gasteiger charge is -2.05. The molecular formula is C19H18FNO3. The van der Waals surface area contributed by atoms with E-state index < -0.39 is 0 Å². The average Bonchev–Trinajstić information content (AvgIpc) is 2.99. The van der Waals surface area contributed by atoms with Gasteiger partial charge in [0.05, 0.1) is 12.5 Å². The van der Waals surface area contributed by atoms with Crippen LogP contribution in [0.1, 0.15) is 22.5 Å². The van der Waals surface area contributed by atoms with Crippen molar-refractivity contribution in [1.82, 2.24) is 5.32 Å². The van der Waals surface area contributed by atoms with E-state index in [1.807, 2.05) is 18.2 Å². The number of ether oxygens (including phenoxy) is 1. The summed E-state index contributed by atoms with van der Waals surface area (Å²) in [5.41, 5.74) is 1.65. The van der Waals surface area contributed by atoms with Gasteiger partial charge in [-0.05, 0) is 42.7 Å². The van der Waals surface area contributed by atoms with E-state index in [1.54, 1.807) is 18.2 Å². The van der Waals surface area contributed by atoms with Gasteiger partial charge in [-0.25, -0.2) is 4.39 Å². The van der Waals surface area contributed by atoms with Crippen LogP contribution < -0.4 is 10.1 Å². The molecule has 0 bridgehead atoms. The molecule has 0 fully saturated rings. The highest BCUT2D eigenvalue weighted by Gasteiger charge is 2.20. The van der Waals surface area contributed by atoms with Crippen molar-refractivity contribution in [1.29, 1.82) is 0 Å². The third-order valence-corrected chi connectivity index (χ3v) is 3.80. The molecule has 1 heterocycles. The van der Waals surface area contributed by atoms with E-state index in [0.717, 1.165) is 23.8 Å². The maximum absolute atomic E-state index is 12.8. The summed E-state index contributed by atoms with van der Waals surface area (Å²) in [6.45, 7) is 0.496. The first-order chi connectivity index (χ1) is 11.7. The van der Waals surface area contributed by atoms with Gasteiger partial charge in [0.2, 0.25) is 5.76 Å². The van der Waals surface area contributed by atoms with Crippen LogP contribution >= 0.6 is 0 Å². The first kappa shape index (κ1) is 16.1. The number of hydrogen-bond donors (Lipinski definition) is 1. The Morgan fingerprint density at radius 3 is 2.67 bits per heavy atom. The van der Waals surface area contributed by atoms with Crippen LogP contribution in [-0.4, -0.2) is 19.6 Å². The Kier molecular flexibility index (Phi) is 4.79. The first-order valence-corrected chi connectivity index (χ1v) is 7.77. The van der Waals surface area contributed by atoms with Crippen molar-refractivity contribution < 1.29 is 18.3 Å². The quantitative estimate of drug-likeness (QED) is 0.698. The van der Waals surface area contributed by atoms with E-state index in [-0.39, 0.29) is 17.5 Å². The SMILES string of the molecule is COc1c(C(=O)NCCCc2ccc(F)cc2)oc2ccccc12. The van der Waals surface area contributed by atoms with Crippen LogP contribution in [0.15, 0.2) is 52.9 Å². The van der Waals surface area contributed by atoms with Crippen LogP contribution in [0.3, 0.4) is 0 Å². The second-order valence-electron chi connectivity index (χ2n) is 5.45. The van der Waals surface area contributed by atoms with E-state index in [2.05, 4.69) is 5.32 Å². The Morgan fingerprint density at radius 1 is 1.17 bits per heavy atom. The number of methoxy groups -OCH3 is 1. The summed E-state index contributed by atoms with van der Waals surface area (Å²) in [4.78, 5) is 12.3. The van der Waals surface area contributed by atoms with Crippen LogP contribution in [0.4, 0.5) is 4.39 Å². The van der Waals surface area contributed by atoms with Crippen molar-refractivity contribution in [3.63, 3.8) is 0 Å². The van der Waals surface area contributed by atoms with Gasteiger partial charge in [-0.3, -0.25) is 4.79 Å². The number of hydrogen-bond acceptors (Lipinski definition) is 3. The minimum atomic E-state index is -0.304. The number of carbonyl (C=O) groups excluding carboxylic acids is 1. The molecule has 124 valence electrons. The number of carbonyl (C=O) groups is 1. The van der Waals surface area contributed by atoms with Gasteiger partial charge < -0.3 is 14.5 Å². The predicted octanol–water partition coefficient (Wildman–Crippen LogP) is 3.94. The molecule has 24 heavy (non-hydrogen) atoms. The Labute approximate surface area is 139 Å². The number of benzene rings is 2. The minimum Gasteiger partial charge on any atom is -0.492 e. The molecule has 1 aromatic heterocycles. The molecule has 5 heteroatoms. The number of rotatable bonds is 6. The number of amides is 1. The van der Waals surface area contributed by atoms with E-state index in [9.17, 15) is 9.18 Å². The predicted molar refractivity (Wildman–Crippen MR) is 89.8 cm³/mol. The zero-order valence-electron chi connectivity index (χ0n) is 13.3. The van der Waals surface area contributed by atoms with Crippen LogP contribution in [0.2, 0.25) is 0 Å². The fraction of sp³-hybridized carbons (Fsp3) is 0.211. The number of para-hydroxylation sites is 1. The largest absolute Gasteiger partial charge is 0.492 e. The number of nitrogens with one attached hydrogen (secondary N) is 1. The highest BCUT2D eigenvalue weighted by molar-refractivity contribution is 6.01. The highest BCUT2D eigenvalue weighted by atomic mass is 19.1. The lowest BCUT2D eigenvalue weighted by atomic mass is 10.1. The van der Waals surface area contributed by atoms with E-state index in [0.29, 0.717) is 17.9 Å². The second-order valence-corrected chi connectivity index (χ2v) is 5.45. The van der Waals surface area contributed by atoms with Crippen molar-refractivity contribution in [3.05, 3.63) is 65.7 Å². The molecule has 1 amide bonds. The summed E-state index contributed by atoms with van der Waals surface area (Å²) in [5.74, 6) is 0.0771. The molecular weight excluding hydrogens is 309 g/mol. The summed E-state index contributed by atoms with van der Waals surface area (Å²) < 4.78 is 23.8. The molecule has 0 spiro atoms. The van der Waals surface area contributed by atoms with E-state index in [4.69, 9.17) is 9.15 Å². The molecule has 0 saturated heterocycles. The van der Waals surface area contributed by atoms with Crippen molar-refractivity contribution in [2.45, 2.75) is 12.8 Å². The third-order valence-electron chi connectivity index (χ3n) is 3.80. The first-order valence-electron chi connectivity index (χ1n) is 7.77. The van der Waals surface area contributed by atoms with Gasteiger partial charge in [-0.1, -0.05) is 24.3 Å². The van der Waals surface area contributed by atoms with Crippen LogP contribution in [0.5, 0.6) is 5.75 Å². The van der Waals surface area contributed by atoms with Gasteiger partial charge in [0, 0.05) is 6.54 Å². The van der Waals surface area contributed by atoms with Gasteiger partial charge in [0.25, 0.3) is 5.91 Å². The highest BCUT2D eigenvalue weighted by Crippen LogP contribution is 2.32. The molecule has 3 rings (SSSR count). The van der Waals surface area contributed by atoms with Crippen LogP contribution in [0.25, 0.3) is 11.0 Å². The minimum absolute atomic E-state index is 0.181. The summed E-state index contributed by atoms with van der Waals surface area (Å²) >= 11 is 0. The van der Waals surface area contributed by atoms with Crippen molar-refractivity contribution >= 4 is 16.9 Å². The molecule has 1 N–H and O–H groups in total. The molecule has 0 aliphatic carbocycles. The van der Waals surface area contributed by atoms with Crippen LogP contribution in [-0.2, 0) is 6.42 Å². The standard InChI is InChI=1S/C19H18FNO3/c1-23-17-15-6-2-3-7-16(15)24-18(17)19(22)21-12-4-5-13-8-10-14(20)11-9-13/h2-3,6-11H,4-5,12H2,1H3,(H,21,22). The fourth-order valence-corrected chi connectivity index (χ4v) is 2.60. The van der Waals surface area contributed by atoms with Crippen LogP contribution in [0, 0.1) is 5.82 Å². The Hall–Kier alpha value is -2.82. The number of halogens is 1. The lowest BCUT2D eigenvalue weighted by molar-refractivity contribution is 0.0923. The Balaban J connectivity index is 1.60. The van der Waals surface area contributed by atoms with Crippen molar-refractivity contribution in [2.24, 2.45) is 0 Å². The number of aryl methyl sites for hydroxylation is 1. The van der Waals surface area contributed by atoms with Gasteiger partial charge in [0.1, 0.15) is 11.4 Å². The average molecular weight is 327 g/mol. The van der Waals surface area contributed by atoms with Gasteiger partial charge in [-0.15, -0.1) is 0 Å². The number of fused-ring (bicyclic) bond motifs is 1.